The van der Waals surface area contributed by atoms with Crippen molar-refractivity contribution in [2.75, 3.05) is 26.3 Å². The zero-order chi connectivity index (χ0) is 13.3. The summed E-state index contributed by atoms with van der Waals surface area (Å²) in [7, 11) is 0. The van der Waals surface area contributed by atoms with Crippen molar-refractivity contribution < 1.29 is 9.47 Å². The van der Waals surface area contributed by atoms with Gasteiger partial charge >= 0.3 is 0 Å². The van der Waals surface area contributed by atoms with Crippen molar-refractivity contribution in [2.24, 2.45) is 5.92 Å². The van der Waals surface area contributed by atoms with Gasteiger partial charge in [0.05, 0.1) is 0 Å². The van der Waals surface area contributed by atoms with Crippen LogP contribution in [0.25, 0.3) is 0 Å². The van der Waals surface area contributed by atoms with E-state index in [0.717, 1.165) is 30.5 Å². The normalized spacial score (nSPS) is 28.2. The van der Waals surface area contributed by atoms with Gasteiger partial charge in [-0.15, -0.1) is 0 Å². The lowest BCUT2D eigenvalue weighted by atomic mass is 9.91. The predicted molar refractivity (Wildman–Crippen MR) is 76.1 cm³/mol. The zero-order valence-corrected chi connectivity index (χ0v) is 11.9. The van der Waals surface area contributed by atoms with E-state index in [1.807, 2.05) is 0 Å². The fraction of sp³-hybridized carbons (Fsp3) is 0.625. The van der Waals surface area contributed by atoms with Crippen LogP contribution in [0.5, 0.6) is 11.5 Å². The molecule has 1 fully saturated rings. The van der Waals surface area contributed by atoms with Crippen molar-refractivity contribution >= 4 is 0 Å². The molecular formula is C16H23NO2. The summed E-state index contributed by atoms with van der Waals surface area (Å²) in [5.41, 5.74) is 1.73. The number of likely N-dealkylation sites (N-methyl/N-ethyl adjacent to an activating group) is 1. The Morgan fingerprint density at radius 2 is 2.00 bits per heavy atom. The topological polar surface area (TPSA) is 30.5 Å². The van der Waals surface area contributed by atoms with E-state index in [1.54, 1.807) is 0 Å². The van der Waals surface area contributed by atoms with Crippen LogP contribution in [0.4, 0.5) is 0 Å². The van der Waals surface area contributed by atoms with Crippen LogP contribution in [-0.2, 0) is 5.41 Å². The lowest BCUT2D eigenvalue weighted by Crippen LogP contribution is -2.28. The zero-order valence-electron chi connectivity index (χ0n) is 11.9. The quantitative estimate of drug-likeness (QED) is 0.884. The van der Waals surface area contributed by atoms with E-state index in [2.05, 4.69) is 37.4 Å². The van der Waals surface area contributed by atoms with E-state index in [4.69, 9.17) is 9.47 Å². The van der Waals surface area contributed by atoms with Gasteiger partial charge in [-0.05, 0) is 36.6 Å². The minimum Gasteiger partial charge on any atom is -0.486 e. The highest BCUT2D eigenvalue weighted by molar-refractivity contribution is 5.48. The lowest BCUT2D eigenvalue weighted by molar-refractivity contribution is 0.171. The number of hydrogen-bond acceptors (Lipinski definition) is 3. The van der Waals surface area contributed by atoms with Crippen LogP contribution in [0, 0.1) is 5.92 Å². The molecule has 1 saturated carbocycles. The molecule has 0 amide bonds. The van der Waals surface area contributed by atoms with Crippen LogP contribution in [0.15, 0.2) is 18.2 Å². The molecule has 3 heteroatoms. The monoisotopic (exact) mass is 261 g/mol. The molecule has 1 aliphatic heterocycles. The average Bonchev–Trinajstić information content (AvgIpc) is 3.19. The Hall–Kier alpha value is -1.22. The highest BCUT2D eigenvalue weighted by Gasteiger charge is 2.53. The third-order valence-corrected chi connectivity index (χ3v) is 4.53. The molecule has 2 atom stereocenters. The molecule has 0 spiro atoms. The SMILES string of the molecule is CCNCC1(c2ccc3c(c2)OCCO3)CC1CC. The van der Waals surface area contributed by atoms with Gasteiger partial charge in [0, 0.05) is 12.0 Å². The van der Waals surface area contributed by atoms with E-state index < -0.39 is 0 Å². The van der Waals surface area contributed by atoms with Crippen LogP contribution >= 0.6 is 0 Å². The van der Waals surface area contributed by atoms with Crippen LogP contribution in [0.1, 0.15) is 32.3 Å². The molecule has 1 aromatic rings. The first-order chi connectivity index (χ1) is 9.30. The van der Waals surface area contributed by atoms with Gasteiger partial charge in [0.15, 0.2) is 11.5 Å². The molecule has 0 aromatic heterocycles. The summed E-state index contributed by atoms with van der Waals surface area (Å²) in [4.78, 5) is 0. The maximum atomic E-state index is 5.71. The molecule has 19 heavy (non-hydrogen) atoms. The van der Waals surface area contributed by atoms with E-state index >= 15 is 0 Å². The van der Waals surface area contributed by atoms with Gasteiger partial charge in [-0.2, -0.15) is 0 Å². The Morgan fingerprint density at radius 3 is 2.68 bits per heavy atom. The Kier molecular flexibility index (Phi) is 3.40. The number of benzene rings is 1. The van der Waals surface area contributed by atoms with Gasteiger partial charge < -0.3 is 14.8 Å². The average molecular weight is 261 g/mol. The molecule has 104 valence electrons. The Labute approximate surface area is 115 Å². The van der Waals surface area contributed by atoms with Gasteiger partial charge in [-0.3, -0.25) is 0 Å². The maximum absolute atomic E-state index is 5.71. The smallest absolute Gasteiger partial charge is 0.161 e. The second-order valence-corrected chi connectivity index (χ2v) is 5.60. The number of ether oxygens (including phenoxy) is 2. The van der Waals surface area contributed by atoms with E-state index in [0.29, 0.717) is 18.6 Å². The minimum absolute atomic E-state index is 0.320. The van der Waals surface area contributed by atoms with E-state index in [9.17, 15) is 0 Å². The third-order valence-electron chi connectivity index (χ3n) is 4.53. The van der Waals surface area contributed by atoms with Crippen LogP contribution < -0.4 is 14.8 Å². The molecule has 1 aromatic carbocycles. The van der Waals surface area contributed by atoms with Crippen molar-refractivity contribution in [3.63, 3.8) is 0 Å². The van der Waals surface area contributed by atoms with Gasteiger partial charge in [0.1, 0.15) is 13.2 Å². The van der Waals surface area contributed by atoms with E-state index in [-0.39, 0.29) is 0 Å². The number of fused-ring (bicyclic) bond motifs is 1. The Bertz CT molecular complexity index is 460. The summed E-state index contributed by atoms with van der Waals surface area (Å²) in [6, 6.07) is 6.49. The van der Waals surface area contributed by atoms with Crippen molar-refractivity contribution in [3.8, 4) is 11.5 Å². The maximum Gasteiger partial charge on any atom is 0.161 e. The fourth-order valence-electron chi connectivity index (χ4n) is 3.29. The number of nitrogens with one attached hydrogen (secondary N) is 1. The fourth-order valence-corrected chi connectivity index (χ4v) is 3.29. The lowest BCUT2D eigenvalue weighted by Gasteiger charge is -2.23. The summed E-state index contributed by atoms with van der Waals surface area (Å²) < 4.78 is 11.3. The molecule has 3 rings (SSSR count). The third kappa shape index (κ3) is 2.20. The van der Waals surface area contributed by atoms with Gasteiger partial charge in [0.25, 0.3) is 0 Å². The summed E-state index contributed by atoms with van der Waals surface area (Å²) in [6.45, 7) is 7.88. The second-order valence-electron chi connectivity index (χ2n) is 5.60. The highest BCUT2D eigenvalue weighted by Crippen LogP contribution is 2.56. The molecule has 2 unspecified atom stereocenters. The molecular weight excluding hydrogens is 238 g/mol. The van der Waals surface area contributed by atoms with Crippen molar-refractivity contribution in [1.29, 1.82) is 0 Å². The summed E-state index contributed by atoms with van der Waals surface area (Å²) in [5, 5.41) is 3.52. The molecule has 0 saturated heterocycles. The first-order valence-corrected chi connectivity index (χ1v) is 7.41. The van der Waals surface area contributed by atoms with Crippen molar-refractivity contribution in [2.45, 2.75) is 32.1 Å². The van der Waals surface area contributed by atoms with Crippen LogP contribution in [0.3, 0.4) is 0 Å². The van der Waals surface area contributed by atoms with Gasteiger partial charge in [-0.25, -0.2) is 0 Å². The Morgan fingerprint density at radius 1 is 1.21 bits per heavy atom. The number of rotatable bonds is 5. The summed E-state index contributed by atoms with van der Waals surface area (Å²) >= 11 is 0. The van der Waals surface area contributed by atoms with Gasteiger partial charge in [0.2, 0.25) is 0 Å². The molecule has 1 heterocycles. The second kappa shape index (κ2) is 5.04. The van der Waals surface area contributed by atoms with Crippen LogP contribution in [0.2, 0.25) is 0 Å². The predicted octanol–water partition coefficient (Wildman–Crippen LogP) is 2.74. The molecule has 3 nitrogen and oxygen atoms in total. The van der Waals surface area contributed by atoms with Crippen molar-refractivity contribution in [1.82, 2.24) is 5.32 Å². The van der Waals surface area contributed by atoms with Crippen LogP contribution in [-0.4, -0.2) is 26.3 Å². The molecule has 1 N–H and O–H groups in total. The Balaban J connectivity index is 1.87. The highest BCUT2D eigenvalue weighted by atomic mass is 16.6. The first kappa shape index (κ1) is 12.8. The molecule has 0 radical (unpaired) electrons. The number of hydrogen-bond donors (Lipinski definition) is 1. The summed E-state index contributed by atoms with van der Waals surface area (Å²) in [6.07, 6.45) is 2.54. The molecule has 0 bridgehead atoms. The van der Waals surface area contributed by atoms with Gasteiger partial charge in [-0.1, -0.05) is 26.3 Å². The summed E-state index contributed by atoms with van der Waals surface area (Å²) in [5.74, 6) is 2.61. The first-order valence-electron chi connectivity index (χ1n) is 7.41. The molecule has 1 aliphatic carbocycles. The van der Waals surface area contributed by atoms with E-state index in [1.165, 1.54) is 18.4 Å². The largest absolute Gasteiger partial charge is 0.486 e. The minimum atomic E-state index is 0.320. The van der Waals surface area contributed by atoms with Crippen molar-refractivity contribution in [3.05, 3.63) is 23.8 Å². The molecule has 2 aliphatic rings. The standard InChI is InChI=1S/C16H23NO2/c1-3-12-10-16(12,11-17-4-2)13-5-6-14-15(9-13)19-8-7-18-14/h5-6,9,12,17H,3-4,7-8,10-11H2,1-2H3.